The summed E-state index contributed by atoms with van der Waals surface area (Å²) in [5.74, 6) is 0.959. The van der Waals surface area contributed by atoms with Crippen LogP contribution in [0.5, 0.6) is 23.0 Å². The van der Waals surface area contributed by atoms with Crippen LogP contribution in [0.4, 0.5) is 0 Å². The molecule has 0 aliphatic carbocycles. The largest absolute Gasteiger partial charge is 0.493 e. The first-order valence-corrected chi connectivity index (χ1v) is 14.2. The van der Waals surface area contributed by atoms with Gasteiger partial charge in [-0.3, -0.25) is 14.4 Å². The quantitative estimate of drug-likeness (QED) is 0.478. The number of methoxy groups -OCH3 is 1. The van der Waals surface area contributed by atoms with E-state index in [-0.39, 0.29) is 49.3 Å². The molecular formula is C27H30N6O7S. The van der Waals surface area contributed by atoms with Crippen LogP contribution in [0.1, 0.15) is 38.2 Å². The summed E-state index contributed by atoms with van der Waals surface area (Å²) in [7, 11) is 3.18. The molecule has 0 radical (unpaired) electrons. The minimum atomic E-state index is -0.280. The zero-order chi connectivity index (χ0) is 28.5. The van der Waals surface area contributed by atoms with Crippen LogP contribution in [0.3, 0.4) is 0 Å². The average molecular weight is 583 g/mol. The molecule has 0 saturated carbocycles. The number of ether oxygens (including phenoxy) is 4. The maximum Gasteiger partial charge on any atom is 0.267 e. The number of rotatable bonds is 2. The Hall–Kier alpha value is -4.33. The van der Waals surface area contributed by atoms with Gasteiger partial charge in [0.25, 0.3) is 11.8 Å². The van der Waals surface area contributed by atoms with Gasteiger partial charge in [-0.1, -0.05) is 11.3 Å². The number of amides is 3. The highest BCUT2D eigenvalue weighted by Crippen LogP contribution is 2.41. The second-order valence-electron chi connectivity index (χ2n) is 10.1. The Morgan fingerprint density at radius 2 is 2.00 bits per heavy atom. The summed E-state index contributed by atoms with van der Waals surface area (Å²) < 4.78 is 24.6. The SMILES string of the molecule is COc1cccc2c1OCc1cn(nn1)[C@@H]1CN(C(=O)c3scc4c3OCCO4)C[C@@H]1CC(=O)NCCN(C)C2=O. The molecule has 1 saturated heterocycles. The van der Waals surface area contributed by atoms with Gasteiger partial charge in [-0.05, 0) is 12.1 Å². The third-order valence-corrected chi connectivity index (χ3v) is 8.37. The fourth-order valence-electron chi connectivity index (χ4n) is 5.34. The monoisotopic (exact) mass is 582 g/mol. The molecule has 3 aromatic rings. The van der Waals surface area contributed by atoms with Gasteiger partial charge in [-0.2, -0.15) is 0 Å². The van der Waals surface area contributed by atoms with Gasteiger partial charge in [0.05, 0.1) is 24.9 Å². The molecular weight excluding hydrogens is 552 g/mol. The molecule has 1 N–H and O–H groups in total. The van der Waals surface area contributed by atoms with Crippen molar-refractivity contribution in [2.24, 2.45) is 5.92 Å². The number of carbonyl (C=O) groups is 3. The fraction of sp³-hybridized carbons (Fsp3) is 0.444. The molecule has 3 aliphatic rings. The summed E-state index contributed by atoms with van der Waals surface area (Å²) in [4.78, 5) is 43.6. The zero-order valence-electron chi connectivity index (χ0n) is 22.7. The minimum Gasteiger partial charge on any atom is -0.493 e. The Balaban J connectivity index is 1.28. The van der Waals surface area contributed by atoms with E-state index in [1.54, 1.807) is 46.4 Å². The lowest BCUT2D eigenvalue weighted by Gasteiger charge is -2.21. The van der Waals surface area contributed by atoms with Crippen molar-refractivity contribution >= 4 is 29.1 Å². The molecule has 41 heavy (non-hydrogen) atoms. The molecule has 5 heterocycles. The van der Waals surface area contributed by atoms with Crippen LogP contribution in [0.15, 0.2) is 29.8 Å². The first-order chi connectivity index (χ1) is 19.9. The molecule has 2 bridgehead atoms. The fourth-order valence-corrected chi connectivity index (χ4v) is 6.23. The number of hydrogen-bond acceptors (Lipinski definition) is 10. The van der Waals surface area contributed by atoms with Crippen molar-refractivity contribution in [3.63, 3.8) is 0 Å². The van der Waals surface area contributed by atoms with E-state index in [0.29, 0.717) is 72.0 Å². The number of para-hydroxylation sites is 1. The van der Waals surface area contributed by atoms with E-state index in [9.17, 15) is 14.4 Å². The predicted molar refractivity (Wildman–Crippen MR) is 146 cm³/mol. The maximum absolute atomic E-state index is 13.6. The lowest BCUT2D eigenvalue weighted by Crippen LogP contribution is -2.37. The third-order valence-electron chi connectivity index (χ3n) is 7.44. The molecule has 0 unspecified atom stereocenters. The second kappa shape index (κ2) is 11.3. The first kappa shape index (κ1) is 26.9. The number of likely N-dealkylation sites (N-methyl/N-ethyl adjacent to an activating group) is 1. The molecule has 1 aromatic carbocycles. The van der Waals surface area contributed by atoms with Crippen molar-refractivity contribution in [1.29, 1.82) is 0 Å². The van der Waals surface area contributed by atoms with Gasteiger partial charge >= 0.3 is 0 Å². The Labute approximate surface area is 239 Å². The smallest absolute Gasteiger partial charge is 0.267 e. The molecule has 14 heteroatoms. The van der Waals surface area contributed by atoms with Gasteiger partial charge in [0, 0.05) is 50.9 Å². The number of nitrogens with zero attached hydrogens (tertiary/aromatic N) is 5. The topological polar surface area (TPSA) is 137 Å². The number of likely N-dealkylation sites (tertiary alicyclic amines) is 1. The van der Waals surface area contributed by atoms with Crippen molar-refractivity contribution < 1.29 is 33.3 Å². The Morgan fingerprint density at radius 3 is 2.85 bits per heavy atom. The van der Waals surface area contributed by atoms with E-state index >= 15 is 0 Å². The summed E-state index contributed by atoms with van der Waals surface area (Å²) in [5.41, 5.74) is 0.869. The summed E-state index contributed by atoms with van der Waals surface area (Å²) in [6, 6.07) is 4.84. The van der Waals surface area contributed by atoms with Crippen molar-refractivity contribution in [3.05, 3.63) is 45.9 Å². The van der Waals surface area contributed by atoms with Gasteiger partial charge in [0.15, 0.2) is 23.0 Å². The molecule has 6 rings (SSSR count). The number of nitrogens with one attached hydrogen (secondary N) is 1. The maximum atomic E-state index is 13.6. The highest BCUT2D eigenvalue weighted by atomic mass is 32.1. The number of benzene rings is 1. The second-order valence-corrected chi connectivity index (χ2v) is 11.0. The third kappa shape index (κ3) is 5.26. The molecule has 2 atom stereocenters. The van der Waals surface area contributed by atoms with Gasteiger partial charge < -0.3 is 34.1 Å². The number of carbonyl (C=O) groups excluding carboxylic acids is 3. The Morgan fingerprint density at radius 1 is 1.15 bits per heavy atom. The van der Waals surface area contributed by atoms with E-state index in [4.69, 9.17) is 18.9 Å². The highest BCUT2D eigenvalue weighted by Gasteiger charge is 2.40. The molecule has 0 spiro atoms. The Kier molecular flexibility index (Phi) is 7.39. The van der Waals surface area contributed by atoms with Crippen LogP contribution in [0.2, 0.25) is 0 Å². The van der Waals surface area contributed by atoms with Crippen molar-refractivity contribution in [2.45, 2.75) is 19.1 Å². The summed E-state index contributed by atoms with van der Waals surface area (Å²) >= 11 is 1.29. The lowest BCUT2D eigenvalue weighted by atomic mass is 9.99. The minimum absolute atomic E-state index is 0.0452. The highest BCUT2D eigenvalue weighted by molar-refractivity contribution is 7.12. The van der Waals surface area contributed by atoms with Gasteiger partial charge in [-0.25, -0.2) is 4.68 Å². The Bertz CT molecular complexity index is 1470. The number of fused-ring (bicyclic) bond motifs is 6. The predicted octanol–water partition coefficient (Wildman–Crippen LogP) is 1.60. The van der Waals surface area contributed by atoms with Crippen LogP contribution in [-0.2, 0) is 11.4 Å². The molecule has 3 amide bonds. The molecule has 216 valence electrons. The molecule has 3 aliphatic heterocycles. The normalized spacial score (nSPS) is 21.0. The van der Waals surface area contributed by atoms with Crippen molar-refractivity contribution in [3.8, 4) is 23.0 Å². The van der Waals surface area contributed by atoms with Crippen LogP contribution >= 0.6 is 11.3 Å². The first-order valence-electron chi connectivity index (χ1n) is 13.3. The van der Waals surface area contributed by atoms with E-state index in [1.807, 2.05) is 0 Å². The van der Waals surface area contributed by atoms with Crippen molar-refractivity contribution in [2.75, 3.05) is 53.6 Å². The van der Waals surface area contributed by atoms with E-state index < -0.39 is 0 Å². The van der Waals surface area contributed by atoms with E-state index in [1.165, 1.54) is 23.3 Å². The van der Waals surface area contributed by atoms with Crippen LogP contribution < -0.4 is 24.3 Å². The van der Waals surface area contributed by atoms with E-state index in [0.717, 1.165) is 0 Å². The van der Waals surface area contributed by atoms with Crippen molar-refractivity contribution in [1.82, 2.24) is 30.1 Å². The number of hydrogen-bond donors (Lipinski definition) is 1. The molecule has 1 fully saturated rings. The lowest BCUT2D eigenvalue weighted by molar-refractivity contribution is -0.122. The van der Waals surface area contributed by atoms with Crippen LogP contribution in [-0.4, -0.2) is 96.1 Å². The molecule has 13 nitrogen and oxygen atoms in total. The molecule has 2 aromatic heterocycles. The number of thiophene rings is 1. The van der Waals surface area contributed by atoms with Crippen LogP contribution in [0, 0.1) is 5.92 Å². The van der Waals surface area contributed by atoms with Gasteiger partial charge in [0.1, 0.15) is 30.4 Å². The summed E-state index contributed by atoms with van der Waals surface area (Å²) in [6.45, 7) is 2.16. The standard InChI is InChI=1S/C27H30N6O7S/c1-31-7-6-28-22(34)10-16-11-32(27(36)25-24-21(15-41-25)38-8-9-39-24)13-19(16)33-12-17(29-30-33)14-40-23-18(26(31)35)4-3-5-20(23)37-2/h3-5,12,15-16,19H,6-11,13-14H2,1-2H3,(H,28,34)/t16-,19+/m0/s1. The van der Waals surface area contributed by atoms with Crippen LogP contribution in [0.25, 0.3) is 0 Å². The zero-order valence-corrected chi connectivity index (χ0v) is 23.5. The van der Waals surface area contributed by atoms with E-state index in [2.05, 4.69) is 15.6 Å². The summed E-state index contributed by atoms with van der Waals surface area (Å²) in [5, 5.41) is 13.3. The van der Waals surface area contributed by atoms with Gasteiger partial charge in [-0.15, -0.1) is 16.4 Å². The average Bonchev–Trinajstić information content (AvgIpc) is 3.73. The number of aromatic nitrogens is 3. The van der Waals surface area contributed by atoms with Gasteiger partial charge in [0.2, 0.25) is 5.91 Å². The summed E-state index contributed by atoms with van der Waals surface area (Å²) in [6.07, 6.45) is 1.93.